The van der Waals surface area contributed by atoms with Gasteiger partial charge >= 0.3 is 0 Å². The van der Waals surface area contributed by atoms with Crippen molar-refractivity contribution in [1.82, 2.24) is 24.7 Å². The zero-order valence-electron chi connectivity index (χ0n) is 13.6. The Morgan fingerprint density at radius 3 is 2.35 bits per heavy atom. The van der Waals surface area contributed by atoms with Crippen LogP contribution in [0.3, 0.4) is 0 Å². The van der Waals surface area contributed by atoms with Crippen LogP contribution >= 0.6 is 0 Å². The lowest BCUT2D eigenvalue weighted by Crippen LogP contribution is -2.54. The maximum atomic E-state index is 4.27. The van der Waals surface area contributed by atoms with Crippen LogP contribution < -0.4 is 5.32 Å². The molecule has 20 heavy (non-hydrogen) atoms. The second kappa shape index (κ2) is 6.24. The number of nitrogens with zero attached hydrogens (tertiary/aromatic N) is 4. The highest BCUT2D eigenvalue weighted by atomic mass is 15.3. The number of aromatic nitrogens is 2. The Labute approximate surface area is 123 Å². The molecule has 1 unspecified atom stereocenters. The van der Waals surface area contributed by atoms with Gasteiger partial charge in [-0.2, -0.15) is 0 Å². The summed E-state index contributed by atoms with van der Waals surface area (Å²) >= 11 is 0. The van der Waals surface area contributed by atoms with Crippen LogP contribution in [-0.2, 0) is 7.05 Å². The normalized spacial score (nSPS) is 20.2. The Bertz CT molecular complexity index is 412. The van der Waals surface area contributed by atoms with E-state index in [4.69, 9.17) is 0 Å². The van der Waals surface area contributed by atoms with Crippen LogP contribution in [0, 0.1) is 0 Å². The molecule has 1 N–H and O–H groups in total. The van der Waals surface area contributed by atoms with E-state index < -0.39 is 0 Å². The average molecular weight is 279 g/mol. The molecule has 1 aliphatic rings. The number of hydrogen-bond donors (Lipinski definition) is 1. The molecule has 0 radical (unpaired) electrons. The molecule has 2 heterocycles. The Balaban J connectivity index is 2.04. The second-order valence-corrected chi connectivity index (χ2v) is 6.70. The molecule has 1 fully saturated rings. The first-order valence-electron chi connectivity index (χ1n) is 7.53. The van der Waals surface area contributed by atoms with E-state index in [-0.39, 0.29) is 5.54 Å². The molecule has 0 saturated carbocycles. The first-order chi connectivity index (χ1) is 9.43. The van der Waals surface area contributed by atoms with Crippen LogP contribution in [0.1, 0.15) is 32.5 Å². The molecule has 1 aromatic heterocycles. The molecular formula is C15H29N5. The molecule has 0 bridgehead atoms. The molecule has 5 heteroatoms. The second-order valence-electron chi connectivity index (χ2n) is 6.70. The van der Waals surface area contributed by atoms with Crippen molar-refractivity contribution in [1.29, 1.82) is 0 Å². The topological polar surface area (TPSA) is 36.3 Å². The van der Waals surface area contributed by atoms with Gasteiger partial charge in [-0.1, -0.05) is 0 Å². The standard InChI is InChI=1S/C15H29N5/c1-15(2,3)20-8-6-19(7-9-20)14(10-16-4)13-11-17-12-18(13)5/h11-12,14,16H,6-10H2,1-5H3. The van der Waals surface area contributed by atoms with Crippen molar-refractivity contribution >= 4 is 0 Å². The predicted octanol–water partition coefficient (Wildman–Crippen LogP) is 1.10. The minimum atomic E-state index is 0.275. The van der Waals surface area contributed by atoms with Gasteiger partial charge in [0.1, 0.15) is 0 Å². The third kappa shape index (κ3) is 3.40. The van der Waals surface area contributed by atoms with Gasteiger partial charge in [-0.3, -0.25) is 9.80 Å². The summed E-state index contributed by atoms with van der Waals surface area (Å²) in [6.45, 7) is 12.4. The third-order valence-electron chi connectivity index (χ3n) is 4.30. The minimum Gasteiger partial charge on any atom is -0.336 e. The average Bonchev–Trinajstić information content (AvgIpc) is 2.81. The monoisotopic (exact) mass is 279 g/mol. The SMILES string of the molecule is CNCC(c1cncn1C)N1CCN(C(C)(C)C)CC1. The molecule has 114 valence electrons. The number of nitrogens with one attached hydrogen (secondary N) is 1. The largest absolute Gasteiger partial charge is 0.336 e. The number of hydrogen-bond acceptors (Lipinski definition) is 4. The van der Waals surface area contributed by atoms with Gasteiger partial charge in [0.05, 0.1) is 18.1 Å². The summed E-state index contributed by atoms with van der Waals surface area (Å²) < 4.78 is 2.14. The minimum absolute atomic E-state index is 0.275. The summed E-state index contributed by atoms with van der Waals surface area (Å²) in [6, 6.07) is 0.412. The molecule has 2 rings (SSSR count). The fraction of sp³-hybridized carbons (Fsp3) is 0.800. The first kappa shape index (κ1) is 15.5. The van der Waals surface area contributed by atoms with Crippen molar-refractivity contribution in [2.24, 2.45) is 7.05 Å². The number of aryl methyl sites for hydroxylation is 1. The first-order valence-corrected chi connectivity index (χ1v) is 7.53. The van der Waals surface area contributed by atoms with E-state index >= 15 is 0 Å². The molecule has 1 aromatic rings. The number of piperazine rings is 1. The highest BCUT2D eigenvalue weighted by Crippen LogP contribution is 2.23. The molecule has 5 nitrogen and oxygen atoms in total. The van der Waals surface area contributed by atoms with Crippen molar-refractivity contribution in [2.75, 3.05) is 39.8 Å². The van der Waals surface area contributed by atoms with Crippen LogP contribution in [0.25, 0.3) is 0 Å². The van der Waals surface area contributed by atoms with Gasteiger partial charge < -0.3 is 9.88 Å². The van der Waals surface area contributed by atoms with E-state index in [0.29, 0.717) is 6.04 Å². The van der Waals surface area contributed by atoms with Gasteiger partial charge in [-0.05, 0) is 27.8 Å². The van der Waals surface area contributed by atoms with Gasteiger partial charge in [-0.15, -0.1) is 0 Å². The van der Waals surface area contributed by atoms with Gasteiger partial charge in [0, 0.05) is 51.5 Å². The van der Waals surface area contributed by atoms with Gasteiger partial charge in [0.15, 0.2) is 0 Å². The highest BCUT2D eigenvalue weighted by molar-refractivity contribution is 5.07. The molecule has 0 amide bonds. The molecule has 1 saturated heterocycles. The van der Waals surface area contributed by atoms with E-state index in [1.165, 1.54) is 5.69 Å². The van der Waals surface area contributed by atoms with Crippen LogP contribution in [0.15, 0.2) is 12.5 Å². The van der Waals surface area contributed by atoms with Gasteiger partial charge in [0.25, 0.3) is 0 Å². The zero-order chi connectivity index (χ0) is 14.8. The van der Waals surface area contributed by atoms with Crippen LogP contribution in [0.2, 0.25) is 0 Å². The Morgan fingerprint density at radius 1 is 1.25 bits per heavy atom. The van der Waals surface area contributed by atoms with Crippen LogP contribution in [0.5, 0.6) is 0 Å². The zero-order valence-corrected chi connectivity index (χ0v) is 13.6. The van der Waals surface area contributed by atoms with Crippen molar-refractivity contribution in [2.45, 2.75) is 32.4 Å². The van der Waals surface area contributed by atoms with Gasteiger partial charge in [0.2, 0.25) is 0 Å². The van der Waals surface area contributed by atoms with E-state index in [0.717, 1.165) is 32.7 Å². The lowest BCUT2D eigenvalue weighted by atomic mass is 10.0. The van der Waals surface area contributed by atoms with Crippen LogP contribution in [0.4, 0.5) is 0 Å². The third-order valence-corrected chi connectivity index (χ3v) is 4.30. The molecular weight excluding hydrogens is 250 g/mol. The Morgan fingerprint density at radius 2 is 1.90 bits per heavy atom. The van der Waals surface area contributed by atoms with Gasteiger partial charge in [-0.25, -0.2) is 4.98 Å². The maximum Gasteiger partial charge on any atom is 0.0946 e. The highest BCUT2D eigenvalue weighted by Gasteiger charge is 2.30. The lowest BCUT2D eigenvalue weighted by molar-refractivity contribution is 0.0404. The van der Waals surface area contributed by atoms with E-state index in [9.17, 15) is 0 Å². The summed E-state index contributed by atoms with van der Waals surface area (Å²) in [7, 11) is 4.10. The van der Waals surface area contributed by atoms with E-state index in [1.807, 2.05) is 19.6 Å². The Hall–Kier alpha value is -0.910. The van der Waals surface area contributed by atoms with Crippen molar-refractivity contribution in [3.63, 3.8) is 0 Å². The smallest absolute Gasteiger partial charge is 0.0946 e. The summed E-state index contributed by atoms with van der Waals surface area (Å²) in [5, 5.41) is 3.33. The summed E-state index contributed by atoms with van der Waals surface area (Å²) in [4.78, 5) is 9.42. The van der Waals surface area contributed by atoms with Crippen molar-refractivity contribution < 1.29 is 0 Å². The lowest BCUT2D eigenvalue weighted by Gasteiger charge is -2.44. The van der Waals surface area contributed by atoms with Crippen molar-refractivity contribution in [3.05, 3.63) is 18.2 Å². The molecule has 0 spiro atoms. The molecule has 1 atom stereocenters. The summed E-state index contributed by atoms with van der Waals surface area (Å²) in [5.74, 6) is 0. The van der Waals surface area contributed by atoms with Crippen molar-refractivity contribution in [3.8, 4) is 0 Å². The molecule has 0 aromatic carbocycles. The number of imidazole rings is 1. The maximum absolute atomic E-state index is 4.27. The predicted molar refractivity (Wildman–Crippen MR) is 82.8 cm³/mol. The van der Waals surface area contributed by atoms with E-state index in [1.54, 1.807) is 0 Å². The fourth-order valence-electron chi connectivity index (χ4n) is 3.01. The molecule has 0 aliphatic carbocycles. The fourth-order valence-corrected chi connectivity index (χ4v) is 3.01. The summed E-state index contributed by atoms with van der Waals surface area (Å²) in [5.41, 5.74) is 1.57. The quantitative estimate of drug-likeness (QED) is 0.895. The molecule has 1 aliphatic heterocycles. The Kier molecular flexibility index (Phi) is 4.83. The number of likely N-dealkylation sites (N-methyl/N-ethyl adjacent to an activating group) is 1. The summed E-state index contributed by atoms with van der Waals surface area (Å²) in [6.07, 6.45) is 3.89. The van der Waals surface area contributed by atoms with E-state index in [2.05, 4.69) is 52.5 Å². The van der Waals surface area contributed by atoms with Crippen LogP contribution in [-0.4, -0.2) is 64.7 Å². The number of rotatable bonds is 4.